The summed E-state index contributed by atoms with van der Waals surface area (Å²) in [6.07, 6.45) is -9.11. The Balaban J connectivity index is 0.00000139. The predicted molar refractivity (Wildman–Crippen MR) is 83.0 cm³/mol. The predicted octanol–water partition coefficient (Wildman–Crippen LogP) is 7.38. The van der Waals surface area contributed by atoms with Crippen molar-refractivity contribution in [2.75, 3.05) is 0 Å². The molecule has 2 aromatic rings. The Hall–Kier alpha value is -1.69. The molecule has 0 spiro atoms. The van der Waals surface area contributed by atoms with Crippen LogP contribution in [0.2, 0.25) is 5.02 Å². The Morgan fingerprint density at radius 1 is 0.750 bits per heavy atom. The van der Waals surface area contributed by atoms with Crippen molar-refractivity contribution in [1.29, 1.82) is 0 Å². The highest BCUT2D eigenvalue weighted by Crippen LogP contribution is 2.38. The summed E-state index contributed by atoms with van der Waals surface area (Å²) in [7, 11) is 0. The average molecular weight is 369 g/mol. The van der Waals surface area contributed by atoms with Gasteiger partial charge < -0.3 is 0 Å². The van der Waals surface area contributed by atoms with Crippen LogP contribution in [0, 0.1) is 6.92 Å². The average Bonchev–Trinajstić information content (AvgIpc) is 2.46. The topological polar surface area (TPSA) is 0 Å². The van der Waals surface area contributed by atoms with Gasteiger partial charge in [0.1, 0.15) is 0 Å². The molecule has 24 heavy (non-hydrogen) atoms. The first kappa shape index (κ1) is 20.4. The van der Waals surface area contributed by atoms with Crippen LogP contribution >= 0.6 is 11.6 Å². The van der Waals surface area contributed by atoms with Crippen molar-refractivity contribution in [2.45, 2.75) is 33.1 Å². The molecule has 0 N–H and O–H groups in total. The van der Waals surface area contributed by atoms with Gasteiger partial charge in [-0.2, -0.15) is 26.3 Å². The van der Waals surface area contributed by atoms with Gasteiger partial charge in [0.15, 0.2) is 0 Å². The smallest absolute Gasteiger partial charge is 0.166 e. The molecule has 0 aliphatic rings. The molecule has 0 atom stereocenters. The molecule has 0 radical (unpaired) electrons. The maximum atomic E-state index is 12.8. The lowest BCUT2D eigenvalue weighted by Crippen LogP contribution is -2.06. The molecule has 0 unspecified atom stereocenters. The Morgan fingerprint density at radius 2 is 1.29 bits per heavy atom. The van der Waals surface area contributed by atoms with Gasteiger partial charge in [-0.25, -0.2) is 0 Å². The van der Waals surface area contributed by atoms with Crippen molar-refractivity contribution >= 4 is 11.6 Å². The lowest BCUT2D eigenvalue weighted by molar-refractivity contribution is -0.138. The van der Waals surface area contributed by atoms with Crippen LogP contribution in [0.4, 0.5) is 26.3 Å². The minimum atomic E-state index is -4.56. The third-order valence-corrected chi connectivity index (χ3v) is 3.32. The molecular formula is C17H15ClF6. The molecule has 2 aromatic carbocycles. The minimum Gasteiger partial charge on any atom is -0.166 e. The second-order valence-corrected chi connectivity index (χ2v) is 5.19. The minimum absolute atomic E-state index is 0.115. The monoisotopic (exact) mass is 368 g/mol. The second-order valence-electron chi connectivity index (χ2n) is 4.78. The standard InChI is InChI=1S/C15H9ClF6.C2H6/c1-8-4-9(6-11(5-8)15(20,21)22)12-3-2-10(7-13(12)16)14(17,18)19;1-2/h2-7H,1H3;1-2H3. The molecule has 0 aromatic heterocycles. The Bertz CT molecular complexity index is 701. The van der Waals surface area contributed by atoms with E-state index in [1.807, 2.05) is 13.8 Å². The van der Waals surface area contributed by atoms with Crippen molar-refractivity contribution in [1.82, 2.24) is 0 Å². The first-order valence-corrected chi connectivity index (χ1v) is 7.42. The van der Waals surface area contributed by atoms with E-state index in [1.165, 1.54) is 13.0 Å². The van der Waals surface area contributed by atoms with Gasteiger partial charge >= 0.3 is 12.4 Å². The first-order valence-electron chi connectivity index (χ1n) is 7.04. The lowest BCUT2D eigenvalue weighted by atomic mass is 9.99. The van der Waals surface area contributed by atoms with Gasteiger partial charge in [-0.05, 0) is 42.3 Å². The molecule has 0 aliphatic carbocycles. The molecular weight excluding hydrogens is 354 g/mol. The van der Waals surface area contributed by atoms with E-state index in [9.17, 15) is 26.3 Å². The molecule has 0 saturated heterocycles. The van der Waals surface area contributed by atoms with Gasteiger partial charge in [-0.3, -0.25) is 0 Å². The molecule has 132 valence electrons. The quantitative estimate of drug-likeness (QED) is 0.461. The summed E-state index contributed by atoms with van der Waals surface area (Å²) in [4.78, 5) is 0. The van der Waals surface area contributed by atoms with E-state index >= 15 is 0 Å². The maximum Gasteiger partial charge on any atom is 0.416 e. The summed E-state index contributed by atoms with van der Waals surface area (Å²) >= 11 is 5.81. The van der Waals surface area contributed by atoms with Crippen LogP contribution in [-0.2, 0) is 12.4 Å². The van der Waals surface area contributed by atoms with Crippen molar-refractivity contribution in [2.24, 2.45) is 0 Å². The van der Waals surface area contributed by atoms with E-state index < -0.39 is 23.5 Å². The van der Waals surface area contributed by atoms with Crippen molar-refractivity contribution in [3.8, 4) is 11.1 Å². The van der Waals surface area contributed by atoms with Crippen LogP contribution in [0.25, 0.3) is 11.1 Å². The van der Waals surface area contributed by atoms with Crippen LogP contribution in [0.15, 0.2) is 36.4 Å². The zero-order valence-electron chi connectivity index (χ0n) is 13.1. The number of aryl methyl sites for hydroxylation is 1. The fourth-order valence-electron chi connectivity index (χ4n) is 2.03. The number of benzene rings is 2. The second kappa shape index (κ2) is 7.47. The van der Waals surface area contributed by atoms with Crippen molar-refractivity contribution in [3.63, 3.8) is 0 Å². The van der Waals surface area contributed by atoms with Crippen LogP contribution in [0.3, 0.4) is 0 Å². The van der Waals surface area contributed by atoms with Gasteiger partial charge in [-0.15, -0.1) is 0 Å². The van der Waals surface area contributed by atoms with Crippen molar-refractivity contribution in [3.05, 3.63) is 58.1 Å². The maximum absolute atomic E-state index is 12.8. The fourth-order valence-corrected chi connectivity index (χ4v) is 2.32. The normalized spacial score (nSPS) is 11.8. The summed E-state index contributed by atoms with van der Waals surface area (Å²) in [6, 6.07) is 5.82. The number of halogens is 7. The zero-order valence-corrected chi connectivity index (χ0v) is 13.9. The summed E-state index contributed by atoms with van der Waals surface area (Å²) < 4.78 is 76.1. The van der Waals surface area contributed by atoms with Crippen LogP contribution < -0.4 is 0 Å². The highest BCUT2D eigenvalue weighted by Gasteiger charge is 2.32. The molecule has 2 rings (SSSR count). The highest BCUT2D eigenvalue weighted by molar-refractivity contribution is 6.33. The zero-order chi connectivity index (χ0) is 18.7. The molecule has 0 bridgehead atoms. The fraction of sp³-hybridized carbons (Fsp3) is 0.294. The summed E-state index contributed by atoms with van der Waals surface area (Å²) in [5, 5.41) is -0.256. The van der Waals surface area contributed by atoms with E-state index in [2.05, 4.69) is 0 Å². The number of alkyl halides is 6. The van der Waals surface area contributed by atoms with E-state index in [-0.39, 0.29) is 16.1 Å². The molecule has 0 amide bonds. The molecule has 0 saturated carbocycles. The third kappa shape index (κ3) is 4.90. The Morgan fingerprint density at radius 3 is 1.75 bits per heavy atom. The number of rotatable bonds is 1. The van der Waals surface area contributed by atoms with Gasteiger partial charge in [0, 0.05) is 10.6 Å². The van der Waals surface area contributed by atoms with E-state index in [4.69, 9.17) is 11.6 Å². The largest absolute Gasteiger partial charge is 0.416 e. The van der Waals surface area contributed by atoms with Crippen LogP contribution in [0.1, 0.15) is 30.5 Å². The number of hydrogen-bond donors (Lipinski definition) is 0. The van der Waals surface area contributed by atoms with Crippen molar-refractivity contribution < 1.29 is 26.3 Å². The summed E-state index contributed by atoms with van der Waals surface area (Å²) in [5.41, 5.74) is -1.26. The van der Waals surface area contributed by atoms with E-state index in [0.29, 0.717) is 11.6 Å². The van der Waals surface area contributed by atoms with Crippen LogP contribution in [-0.4, -0.2) is 0 Å². The van der Waals surface area contributed by atoms with Gasteiger partial charge in [-0.1, -0.05) is 37.6 Å². The number of hydrogen-bond acceptors (Lipinski definition) is 0. The SMILES string of the molecule is CC.Cc1cc(-c2ccc(C(F)(F)F)cc2Cl)cc(C(F)(F)F)c1. The van der Waals surface area contributed by atoms with Crippen LogP contribution in [0.5, 0.6) is 0 Å². The molecule has 7 heteroatoms. The van der Waals surface area contributed by atoms with E-state index in [0.717, 1.165) is 24.3 Å². The highest BCUT2D eigenvalue weighted by atomic mass is 35.5. The third-order valence-electron chi connectivity index (χ3n) is 3.01. The van der Waals surface area contributed by atoms with Gasteiger partial charge in [0.2, 0.25) is 0 Å². The lowest BCUT2D eigenvalue weighted by Gasteiger charge is -2.13. The van der Waals surface area contributed by atoms with E-state index in [1.54, 1.807) is 0 Å². The molecule has 0 heterocycles. The Kier molecular flexibility index (Phi) is 6.33. The van der Waals surface area contributed by atoms with Gasteiger partial charge in [0.25, 0.3) is 0 Å². The molecule has 0 aliphatic heterocycles. The molecule has 0 fully saturated rings. The van der Waals surface area contributed by atoms with Gasteiger partial charge in [0.05, 0.1) is 11.1 Å². The first-order chi connectivity index (χ1) is 11.0. The summed E-state index contributed by atoms with van der Waals surface area (Å²) in [6.45, 7) is 5.47. The Labute approximate surface area is 141 Å². The molecule has 0 nitrogen and oxygen atoms in total. The summed E-state index contributed by atoms with van der Waals surface area (Å²) in [5.74, 6) is 0.